The minimum absolute atomic E-state index is 0.0793. The quantitative estimate of drug-likeness (QED) is 0.657. The largest absolute Gasteiger partial charge is 0.433 e. The number of aromatic nitrogens is 1. The van der Waals surface area contributed by atoms with Crippen LogP contribution in [-0.2, 0) is 16.2 Å². The van der Waals surface area contributed by atoms with Crippen LogP contribution in [-0.4, -0.2) is 60.2 Å². The Morgan fingerprint density at radius 2 is 1.79 bits per heavy atom. The van der Waals surface area contributed by atoms with Crippen LogP contribution in [0.5, 0.6) is 0 Å². The third-order valence-electron chi connectivity index (χ3n) is 6.90. The van der Waals surface area contributed by atoms with E-state index in [0.29, 0.717) is 12.8 Å². The highest BCUT2D eigenvalue weighted by Crippen LogP contribution is 2.52. The van der Waals surface area contributed by atoms with Gasteiger partial charge in [-0.3, -0.25) is 4.79 Å². The maximum absolute atomic E-state index is 14.0. The summed E-state index contributed by atoms with van der Waals surface area (Å²) in [5.41, 5.74) is -1.28. The molecule has 1 amide bonds. The van der Waals surface area contributed by atoms with Crippen molar-refractivity contribution in [2.45, 2.75) is 42.9 Å². The number of carbonyl (C=O) groups excluding carboxylic acids is 1. The number of carbonyl (C=O) groups is 1. The number of alkyl halides is 3. The third kappa shape index (κ3) is 3.63. The van der Waals surface area contributed by atoms with Gasteiger partial charge in [-0.1, -0.05) is 12.1 Å². The van der Waals surface area contributed by atoms with E-state index in [9.17, 15) is 30.8 Å². The van der Waals surface area contributed by atoms with Crippen LogP contribution in [0.2, 0.25) is 0 Å². The summed E-state index contributed by atoms with van der Waals surface area (Å²) in [5, 5.41) is 2.85. The van der Waals surface area contributed by atoms with Gasteiger partial charge in [0.25, 0.3) is 5.91 Å². The number of nitrogens with one attached hydrogen (secondary N) is 1. The van der Waals surface area contributed by atoms with E-state index >= 15 is 0 Å². The SMILES string of the molecule is C[C@@H]1CNc2nc(C(F)(F)F)ccc2C(=O)N1C1CC2(C1)CN(S(=O)(=O)c1ccccc1F)C2. The zero-order valence-corrected chi connectivity index (χ0v) is 19.0. The van der Waals surface area contributed by atoms with E-state index in [1.54, 1.807) is 4.90 Å². The fourth-order valence-electron chi connectivity index (χ4n) is 5.19. The van der Waals surface area contributed by atoms with Crippen molar-refractivity contribution in [3.63, 3.8) is 0 Å². The van der Waals surface area contributed by atoms with Crippen LogP contribution in [0.4, 0.5) is 23.4 Å². The maximum Gasteiger partial charge on any atom is 0.433 e. The molecular weight excluding hydrogens is 476 g/mol. The Balaban J connectivity index is 1.29. The van der Waals surface area contributed by atoms with Gasteiger partial charge in [-0.2, -0.15) is 17.5 Å². The van der Waals surface area contributed by atoms with E-state index in [4.69, 9.17) is 0 Å². The van der Waals surface area contributed by atoms with Gasteiger partial charge in [0, 0.05) is 37.1 Å². The lowest BCUT2D eigenvalue weighted by Gasteiger charge is -2.60. The van der Waals surface area contributed by atoms with Crippen LogP contribution in [0.3, 0.4) is 0 Å². The van der Waals surface area contributed by atoms with Gasteiger partial charge < -0.3 is 10.2 Å². The Bertz CT molecular complexity index is 1250. The summed E-state index contributed by atoms with van der Waals surface area (Å²) in [4.78, 5) is 18.1. The molecule has 1 spiro atoms. The van der Waals surface area contributed by atoms with Gasteiger partial charge in [-0.25, -0.2) is 17.8 Å². The lowest BCUT2D eigenvalue weighted by atomic mass is 9.61. The fraction of sp³-hybridized carbons (Fsp3) is 0.455. The zero-order chi connectivity index (χ0) is 24.5. The first-order valence-electron chi connectivity index (χ1n) is 10.8. The monoisotopic (exact) mass is 498 g/mol. The smallest absolute Gasteiger partial charge is 0.367 e. The molecule has 3 aliphatic rings. The van der Waals surface area contributed by atoms with Gasteiger partial charge in [0.15, 0.2) is 0 Å². The average molecular weight is 499 g/mol. The van der Waals surface area contributed by atoms with Gasteiger partial charge in [0.1, 0.15) is 22.2 Å². The third-order valence-corrected chi connectivity index (χ3v) is 8.72. The van der Waals surface area contributed by atoms with Crippen LogP contribution in [0.15, 0.2) is 41.3 Å². The summed E-state index contributed by atoms with van der Waals surface area (Å²) in [7, 11) is -3.94. The summed E-state index contributed by atoms with van der Waals surface area (Å²) in [6, 6.07) is 6.71. The van der Waals surface area contributed by atoms with Crippen molar-refractivity contribution in [1.29, 1.82) is 0 Å². The molecule has 182 valence electrons. The number of anilines is 1. The van der Waals surface area contributed by atoms with Crippen molar-refractivity contribution in [2.24, 2.45) is 5.41 Å². The van der Waals surface area contributed by atoms with Gasteiger partial charge in [-0.05, 0) is 44.0 Å². The molecule has 12 heteroatoms. The topological polar surface area (TPSA) is 82.6 Å². The number of rotatable bonds is 3. The Morgan fingerprint density at radius 1 is 1.12 bits per heavy atom. The average Bonchev–Trinajstić information content (AvgIpc) is 2.82. The number of benzene rings is 1. The number of sulfonamides is 1. The van der Waals surface area contributed by atoms with E-state index in [1.807, 2.05) is 6.92 Å². The second kappa shape index (κ2) is 7.64. The Hall–Kier alpha value is -2.73. The molecule has 1 aromatic carbocycles. The van der Waals surface area contributed by atoms with Crippen LogP contribution >= 0.6 is 0 Å². The normalized spacial score (nSPS) is 23.0. The molecule has 2 aliphatic heterocycles. The Kier molecular flexibility index (Phi) is 5.17. The fourth-order valence-corrected chi connectivity index (χ4v) is 6.92. The minimum Gasteiger partial charge on any atom is -0.367 e. The first kappa shape index (κ1) is 23.0. The maximum atomic E-state index is 14.0. The molecule has 5 rings (SSSR count). The molecule has 1 aliphatic carbocycles. The van der Waals surface area contributed by atoms with E-state index < -0.39 is 33.6 Å². The number of amides is 1. The molecule has 0 bridgehead atoms. The van der Waals surface area contributed by atoms with Crippen molar-refractivity contribution in [1.82, 2.24) is 14.2 Å². The standard InChI is InChI=1S/C22H22F4N4O3S/c1-13-10-27-19-15(6-7-18(28-19)22(24,25)26)20(31)30(13)14-8-21(9-14)11-29(12-21)34(32,33)17-5-3-2-4-16(17)23/h2-7,13-14H,8-12H2,1H3,(H,27,28)/t13-/m1/s1. The highest BCUT2D eigenvalue weighted by atomic mass is 32.2. The summed E-state index contributed by atoms with van der Waals surface area (Å²) >= 11 is 0. The number of fused-ring (bicyclic) bond motifs is 1. The lowest BCUT2D eigenvalue weighted by molar-refractivity contribution is -0.141. The number of pyridine rings is 1. The number of hydrogen-bond donors (Lipinski definition) is 1. The van der Waals surface area contributed by atoms with Gasteiger partial charge >= 0.3 is 6.18 Å². The molecule has 2 aromatic rings. The van der Waals surface area contributed by atoms with Crippen LogP contribution in [0, 0.1) is 11.2 Å². The summed E-state index contributed by atoms with van der Waals surface area (Å²) in [6.45, 7) is 2.52. The van der Waals surface area contributed by atoms with E-state index in [-0.39, 0.29) is 53.4 Å². The molecule has 3 heterocycles. The van der Waals surface area contributed by atoms with Crippen molar-refractivity contribution in [3.05, 3.63) is 53.5 Å². The Morgan fingerprint density at radius 3 is 2.44 bits per heavy atom. The summed E-state index contributed by atoms with van der Waals surface area (Å²) < 4.78 is 79.8. The van der Waals surface area contributed by atoms with Crippen molar-refractivity contribution < 1.29 is 30.8 Å². The molecule has 1 N–H and O–H groups in total. The molecular formula is C22H22F4N4O3S. The molecule has 1 atom stereocenters. The summed E-state index contributed by atoms with van der Waals surface area (Å²) in [5.74, 6) is -1.29. The van der Waals surface area contributed by atoms with Gasteiger partial charge in [0.05, 0.1) is 5.56 Å². The molecule has 2 fully saturated rings. The predicted octanol–water partition coefficient (Wildman–Crippen LogP) is 3.35. The molecule has 1 saturated carbocycles. The first-order chi connectivity index (χ1) is 15.9. The van der Waals surface area contributed by atoms with Crippen LogP contribution < -0.4 is 5.32 Å². The van der Waals surface area contributed by atoms with Gasteiger partial charge in [0.2, 0.25) is 10.0 Å². The number of hydrogen-bond acceptors (Lipinski definition) is 5. The minimum atomic E-state index is -4.61. The highest BCUT2D eigenvalue weighted by molar-refractivity contribution is 7.89. The van der Waals surface area contributed by atoms with Crippen molar-refractivity contribution in [3.8, 4) is 0 Å². The van der Waals surface area contributed by atoms with Gasteiger partial charge in [-0.15, -0.1) is 0 Å². The molecule has 34 heavy (non-hydrogen) atoms. The van der Waals surface area contributed by atoms with E-state index in [2.05, 4.69) is 10.3 Å². The second-order valence-electron chi connectivity index (χ2n) is 9.30. The van der Waals surface area contributed by atoms with Crippen molar-refractivity contribution in [2.75, 3.05) is 25.0 Å². The Labute approximate surface area is 193 Å². The molecule has 0 radical (unpaired) electrons. The lowest BCUT2D eigenvalue weighted by Crippen LogP contribution is -2.68. The molecule has 0 unspecified atom stereocenters. The number of halogens is 4. The van der Waals surface area contributed by atoms with E-state index in [0.717, 1.165) is 18.2 Å². The second-order valence-corrected chi connectivity index (χ2v) is 11.2. The highest BCUT2D eigenvalue weighted by Gasteiger charge is 2.58. The molecule has 1 saturated heterocycles. The summed E-state index contributed by atoms with van der Waals surface area (Å²) in [6.07, 6.45) is -3.48. The van der Waals surface area contributed by atoms with Crippen molar-refractivity contribution >= 4 is 21.7 Å². The van der Waals surface area contributed by atoms with Crippen LogP contribution in [0.25, 0.3) is 0 Å². The molecule has 7 nitrogen and oxygen atoms in total. The zero-order valence-electron chi connectivity index (χ0n) is 18.1. The van der Waals surface area contributed by atoms with E-state index in [1.165, 1.54) is 22.5 Å². The number of nitrogens with zero attached hydrogens (tertiary/aromatic N) is 3. The predicted molar refractivity (Wildman–Crippen MR) is 114 cm³/mol. The molecule has 1 aromatic heterocycles. The van der Waals surface area contributed by atoms with Crippen LogP contribution in [0.1, 0.15) is 35.8 Å². The first-order valence-corrected chi connectivity index (χ1v) is 12.2.